The molecule has 0 unspecified atom stereocenters. The summed E-state index contributed by atoms with van der Waals surface area (Å²) < 4.78 is 42.6. The Hall–Kier alpha value is -2.74. The van der Waals surface area contributed by atoms with Crippen LogP contribution < -0.4 is 13.8 Å². The topological polar surface area (TPSA) is 82.1 Å². The zero-order valence-corrected chi connectivity index (χ0v) is 16.8. The molecule has 8 heteroatoms. The molecule has 0 bridgehead atoms. The van der Waals surface area contributed by atoms with Crippen LogP contribution in [0.2, 0.25) is 0 Å². The zero-order valence-electron chi connectivity index (χ0n) is 16.0. The maximum Gasteiger partial charge on any atom is 0.326 e. The number of carbonyl (C=O) groups is 1. The number of methoxy groups -OCH3 is 3. The van der Waals surface area contributed by atoms with Gasteiger partial charge < -0.3 is 14.2 Å². The quantitative estimate of drug-likeness (QED) is 0.673. The van der Waals surface area contributed by atoms with Crippen LogP contribution in [0.5, 0.6) is 11.5 Å². The average Bonchev–Trinajstić information content (AvgIpc) is 2.67. The second kappa shape index (κ2) is 8.30. The maximum atomic E-state index is 13.3. The summed E-state index contributed by atoms with van der Waals surface area (Å²) in [5, 5.41) is 0. The predicted molar refractivity (Wildman–Crippen MR) is 102 cm³/mol. The van der Waals surface area contributed by atoms with Crippen LogP contribution in [0.25, 0.3) is 0 Å². The van der Waals surface area contributed by atoms with Gasteiger partial charge in [-0.2, -0.15) is 0 Å². The minimum absolute atomic E-state index is 0.0257. The lowest BCUT2D eigenvalue weighted by molar-refractivity contribution is -0.138. The molecule has 0 atom stereocenters. The second-order valence-electron chi connectivity index (χ2n) is 5.87. The van der Waals surface area contributed by atoms with Crippen molar-refractivity contribution in [3.8, 4) is 11.5 Å². The number of sulfonamides is 1. The molecule has 0 aromatic heterocycles. The highest BCUT2D eigenvalue weighted by Gasteiger charge is 2.28. The minimum Gasteiger partial charge on any atom is -0.493 e. The molecule has 0 heterocycles. The number of nitrogens with zero attached hydrogens (tertiary/aromatic N) is 1. The highest BCUT2D eigenvalue weighted by molar-refractivity contribution is 7.92. The van der Waals surface area contributed by atoms with E-state index in [9.17, 15) is 13.2 Å². The number of hydrogen-bond acceptors (Lipinski definition) is 6. The number of hydrogen-bond donors (Lipinski definition) is 0. The van der Waals surface area contributed by atoms with E-state index in [1.54, 1.807) is 18.2 Å². The molecule has 0 fully saturated rings. The summed E-state index contributed by atoms with van der Waals surface area (Å²) in [5.74, 6) is 0.0103. The van der Waals surface area contributed by atoms with Gasteiger partial charge in [-0.25, -0.2) is 8.42 Å². The van der Waals surface area contributed by atoms with Gasteiger partial charge in [0, 0.05) is 6.07 Å². The molecular weight excluding hydrogens is 370 g/mol. The molecule has 0 amide bonds. The summed E-state index contributed by atoms with van der Waals surface area (Å²) in [6.45, 7) is 3.35. The van der Waals surface area contributed by atoms with Crippen LogP contribution in [-0.4, -0.2) is 42.3 Å². The molecule has 0 aliphatic carbocycles. The lowest BCUT2D eigenvalue weighted by Gasteiger charge is -2.24. The van der Waals surface area contributed by atoms with Crippen LogP contribution in [0.3, 0.4) is 0 Å². The van der Waals surface area contributed by atoms with Gasteiger partial charge in [-0.15, -0.1) is 0 Å². The summed E-state index contributed by atoms with van der Waals surface area (Å²) in [7, 11) is 0.0461. The maximum absolute atomic E-state index is 13.3. The van der Waals surface area contributed by atoms with Crippen LogP contribution in [0, 0.1) is 13.8 Å². The largest absolute Gasteiger partial charge is 0.493 e. The first-order valence-electron chi connectivity index (χ1n) is 8.13. The van der Waals surface area contributed by atoms with Gasteiger partial charge in [-0.05, 0) is 49.2 Å². The smallest absolute Gasteiger partial charge is 0.326 e. The van der Waals surface area contributed by atoms with Crippen LogP contribution in [-0.2, 0) is 19.6 Å². The normalized spacial score (nSPS) is 11.0. The van der Waals surface area contributed by atoms with Crippen molar-refractivity contribution in [2.45, 2.75) is 18.7 Å². The monoisotopic (exact) mass is 393 g/mol. The molecule has 0 spiro atoms. The van der Waals surface area contributed by atoms with Gasteiger partial charge >= 0.3 is 5.97 Å². The van der Waals surface area contributed by atoms with Gasteiger partial charge in [0.2, 0.25) is 0 Å². The summed E-state index contributed by atoms with van der Waals surface area (Å²) in [4.78, 5) is 11.9. The summed E-state index contributed by atoms with van der Waals surface area (Å²) in [5.41, 5.74) is 2.29. The Morgan fingerprint density at radius 1 is 0.926 bits per heavy atom. The van der Waals surface area contributed by atoms with Gasteiger partial charge in [0.15, 0.2) is 11.5 Å². The number of rotatable bonds is 7. The molecular formula is C19H23NO6S. The van der Waals surface area contributed by atoms with Crippen LogP contribution in [0.15, 0.2) is 41.3 Å². The van der Waals surface area contributed by atoms with Crippen molar-refractivity contribution in [2.24, 2.45) is 0 Å². The third kappa shape index (κ3) is 4.33. The Bertz CT molecular complexity index is 939. The number of aryl methyl sites for hydroxylation is 2. The molecule has 0 N–H and O–H groups in total. The number of anilines is 1. The fourth-order valence-electron chi connectivity index (χ4n) is 2.48. The highest BCUT2D eigenvalue weighted by atomic mass is 32.2. The molecule has 146 valence electrons. The molecule has 0 aliphatic heterocycles. The molecule has 7 nitrogen and oxygen atoms in total. The Labute approximate surface area is 159 Å². The van der Waals surface area contributed by atoms with E-state index in [1.165, 1.54) is 39.5 Å². The van der Waals surface area contributed by atoms with Gasteiger partial charge in [0.05, 0.1) is 31.9 Å². The van der Waals surface area contributed by atoms with Crippen molar-refractivity contribution >= 4 is 21.7 Å². The molecule has 2 aromatic rings. The third-order valence-electron chi connectivity index (χ3n) is 4.22. The van der Waals surface area contributed by atoms with E-state index in [4.69, 9.17) is 9.47 Å². The fraction of sp³-hybridized carbons (Fsp3) is 0.316. The molecule has 0 radical (unpaired) electrons. The summed E-state index contributed by atoms with van der Waals surface area (Å²) in [6, 6.07) is 9.45. The van der Waals surface area contributed by atoms with Crippen molar-refractivity contribution in [1.82, 2.24) is 0 Å². The molecule has 27 heavy (non-hydrogen) atoms. The van der Waals surface area contributed by atoms with E-state index in [2.05, 4.69) is 4.74 Å². The van der Waals surface area contributed by atoms with Gasteiger partial charge in [-0.1, -0.05) is 6.07 Å². The second-order valence-corrected chi connectivity index (χ2v) is 7.74. The first kappa shape index (κ1) is 20.6. The van der Waals surface area contributed by atoms with Crippen molar-refractivity contribution in [2.75, 3.05) is 32.2 Å². The Morgan fingerprint density at radius 2 is 1.59 bits per heavy atom. The van der Waals surface area contributed by atoms with E-state index < -0.39 is 22.5 Å². The van der Waals surface area contributed by atoms with E-state index in [1.807, 2.05) is 13.8 Å². The highest BCUT2D eigenvalue weighted by Crippen LogP contribution is 2.32. The van der Waals surface area contributed by atoms with Gasteiger partial charge in [-0.3, -0.25) is 9.10 Å². The van der Waals surface area contributed by atoms with Crippen molar-refractivity contribution in [1.29, 1.82) is 0 Å². The van der Waals surface area contributed by atoms with Crippen LogP contribution in [0.4, 0.5) is 5.69 Å². The number of ether oxygens (including phenoxy) is 3. The Kier molecular flexibility index (Phi) is 6.32. The number of carbonyl (C=O) groups excluding carboxylic acids is 1. The van der Waals surface area contributed by atoms with Crippen molar-refractivity contribution in [3.05, 3.63) is 47.5 Å². The average molecular weight is 393 g/mol. The predicted octanol–water partition coefficient (Wildman–Crippen LogP) is 2.69. The Morgan fingerprint density at radius 3 is 2.15 bits per heavy atom. The Balaban J connectivity index is 2.59. The van der Waals surface area contributed by atoms with Crippen molar-refractivity contribution in [3.63, 3.8) is 0 Å². The van der Waals surface area contributed by atoms with E-state index in [-0.39, 0.29) is 10.6 Å². The van der Waals surface area contributed by atoms with Gasteiger partial charge in [0.1, 0.15) is 6.54 Å². The van der Waals surface area contributed by atoms with Gasteiger partial charge in [0.25, 0.3) is 10.0 Å². The van der Waals surface area contributed by atoms with Crippen LogP contribution in [0.1, 0.15) is 11.1 Å². The standard InChI is InChI=1S/C19H23NO6S/c1-13-6-7-15(10-14(13)2)20(12-19(21)26-5)27(22,23)16-8-9-17(24-3)18(11-16)25-4/h6-11H,12H2,1-5H3. The first-order valence-corrected chi connectivity index (χ1v) is 9.57. The minimum atomic E-state index is -4.05. The van der Waals surface area contributed by atoms with E-state index >= 15 is 0 Å². The summed E-state index contributed by atoms with van der Waals surface area (Å²) in [6.07, 6.45) is 0. The molecule has 0 aliphatic rings. The third-order valence-corrected chi connectivity index (χ3v) is 5.99. The zero-order chi connectivity index (χ0) is 20.2. The SMILES string of the molecule is COC(=O)CN(c1ccc(C)c(C)c1)S(=O)(=O)c1ccc(OC)c(OC)c1. The van der Waals surface area contributed by atoms with Crippen LogP contribution >= 0.6 is 0 Å². The molecule has 2 aromatic carbocycles. The van der Waals surface area contributed by atoms with Crippen molar-refractivity contribution < 1.29 is 27.4 Å². The first-order chi connectivity index (χ1) is 12.7. The number of benzene rings is 2. The van der Waals surface area contributed by atoms with E-state index in [0.29, 0.717) is 11.4 Å². The number of esters is 1. The lowest BCUT2D eigenvalue weighted by atomic mass is 10.1. The van der Waals surface area contributed by atoms with E-state index in [0.717, 1.165) is 15.4 Å². The molecule has 0 saturated carbocycles. The molecule has 0 saturated heterocycles. The molecule has 2 rings (SSSR count). The summed E-state index contributed by atoms with van der Waals surface area (Å²) >= 11 is 0. The lowest BCUT2D eigenvalue weighted by Crippen LogP contribution is -2.36. The fourth-order valence-corrected chi connectivity index (χ4v) is 3.90.